The lowest BCUT2D eigenvalue weighted by atomic mass is 9.93. The molecule has 0 spiro atoms. The van der Waals surface area contributed by atoms with Crippen LogP contribution >= 0.6 is 0 Å². The van der Waals surface area contributed by atoms with Gasteiger partial charge in [-0.1, -0.05) is 87.0 Å². The molecule has 0 aliphatic rings. The highest BCUT2D eigenvalue weighted by Crippen LogP contribution is 2.30. The first-order chi connectivity index (χ1) is 12.7. The summed E-state index contributed by atoms with van der Waals surface area (Å²) in [6.45, 7) is 4.63. The zero-order valence-electron chi connectivity index (χ0n) is 15.8. The molecule has 0 aromatic heterocycles. The van der Waals surface area contributed by atoms with E-state index in [0.717, 1.165) is 12.8 Å². The molecular formula is C25H28O. The molecule has 0 amide bonds. The Morgan fingerprint density at radius 2 is 1.23 bits per heavy atom. The van der Waals surface area contributed by atoms with Crippen molar-refractivity contribution in [2.75, 3.05) is 6.61 Å². The van der Waals surface area contributed by atoms with E-state index in [1.807, 2.05) is 0 Å². The van der Waals surface area contributed by atoms with Gasteiger partial charge < -0.3 is 5.11 Å². The molecule has 3 aromatic rings. The van der Waals surface area contributed by atoms with Crippen molar-refractivity contribution in [1.82, 2.24) is 0 Å². The van der Waals surface area contributed by atoms with Gasteiger partial charge >= 0.3 is 0 Å². The molecule has 0 saturated heterocycles. The van der Waals surface area contributed by atoms with Crippen LogP contribution in [0.15, 0.2) is 66.7 Å². The van der Waals surface area contributed by atoms with E-state index in [1.165, 1.54) is 45.4 Å². The molecule has 0 heterocycles. The summed E-state index contributed by atoms with van der Waals surface area (Å²) >= 11 is 0. The Morgan fingerprint density at radius 3 is 1.81 bits per heavy atom. The van der Waals surface area contributed by atoms with Crippen LogP contribution in [0.5, 0.6) is 0 Å². The number of aliphatic hydroxyl groups excluding tert-OH is 1. The van der Waals surface area contributed by atoms with Gasteiger partial charge in [0, 0.05) is 6.61 Å². The number of benzene rings is 3. The predicted molar refractivity (Wildman–Crippen MR) is 111 cm³/mol. The summed E-state index contributed by atoms with van der Waals surface area (Å²) in [5.41, 5.74) is 9.07. The van der Waals surface area contributed by atoms with Gasteiger partial charge in [-0.05, 0) is 58.2 Å². The Hall–Kier alpha value is -2.38. The minimum absolute atomic E-state index is 0.200. The Balaban J connectivity index is 1.89. The molecule has 3 aromatic carbocycles. The minimum Gasteiger partial charge on any atom is -0.396 e. The maximum atomic E-state index is 9.07. The van der Waals surface area contributed by atoms with E-state index >= 15 is 0 Å². The number of hydrogen-bond acceptors (Lipinski definition) is 1. The lowest BCUT2D eigenvalue weighted by molar-refractivity contribution is 0.299. The SMILES string of the molecule is CCCc1ccc(-c2ccc(-c3ccc(CCO)cc3)c(CC)c2)cc1. The zero-order chi connectivity index (χ0) is 18.4. The van der Waals surface area contributed by atoms with Gasteiger partial charge in [0.1, 0.15) is 0 Å². The van der Waals surface area contributed by atoms with E-state index in [0.29, 0.717) is 6.42 Å². The second-order valence-electron chi connectivity index (χ2n) is 6.84. The van der Waals surface area contributed by atoms with Crippen LogP contribution in [0.1, 0.15) is 37.0 Å². The van der Waals surface area contributed by atoms with E-state index in [9.17, 15) is 0 Å². The monoisotopic (exact) mass is 344 g/mol. The molecule has 0 fully saturated rings. The smallest absolute Gasteiger partial charge is 0.0471 e. The highest BCUT2D eigenvalue weighted by molar-refractivity contribution is 5.74. The van der Waals surface area contributed by atoms with Crippen molar-refractivity contribution in [2.24, 2.45) is 0 Å². The van der Waals surface area contributed by atoms with Gasteiger partial charge in [0.25, 0.3) is 0 Å². The third kappa shape index (κ3) is 4.23. The molecule has 1 heteroatoms. The molecule has 0 radical (unpaired) electrons. The summed E-state index contributed by atoms with van der Waals surface area (Å²) in [7, 11) is 0. The first-order valence-corrected chi connectivity index (χ1v) is 9.67. The first-order valence-electron chi connectivity index (χ1n) is 9.67. The average Bonchev–Trinajstić information content (AvgIpc) is 2.69. The average molecular weight is 344 g/mol. The van der Waals surface area contributed by atoms with Gasteiger partial charge in [-0.3, -0.25) is 0 Å². The largest absolute Gasteiger partial charge is 0.396 e. The highest BCUT2D eigenvalue weighted by Gasteiger charge is 2.07. The first kappa shape index (κ1) is 18.4. The number of aryl methyl sites for hydroxylation is 2. The third-order valence-corrected chi connectivity index (χ3v) is 4.98. The third-order valence-electron chi connectivity index (χ3n) is 4.98. The van der Waals surface area contributed by atoms with Crippen molar-refractivity contribution in [3.63, 3.8) is 0 Å². The topological polar surface area (TPSA) is 20.2 Å². The highest BCUT2D eigenvalue weighted by atomic mass is 16.2. The quantitative estimate of drug-likeness (QED) is 0.551. The standard InChI is InChI=1S/C25H28O/c1-3-5-19-6-10-22(11-7-19)24-14-15-25(21(4-2)18-24)23-12-8-20(9-13-23)16-17-26/h6-15,18,26H,3-5,16-17H2,1-2H3. The van der Waals surface area contributed by atoms with Crippen molar-refractivity contribution in [3.8, 4) is 22.3 Å². The van der Waals surface area contributed by atoms with Crippen molar-refractivity contribution in [3.05, 3.63) is 83.4 Å². The number of rotatable bonds is 7. The molecule has 0 unspecified atom stereocenters. The summed E-state index contributed by atoms with van der Waals surface area (Å²) in [5, 5.41) is 9.07. The summed E-state index contributed by atoms with van der Waals surface area (Å²) in [6.07, 6.45) is 4.06. The normalized spacial score (nSPS) is 10.9. The van der Waals surface area contributed by atoms with Crippen molar-refractivity contribution >= 4 is 0 Å². The molecule has 3 rings (SSSR count). The van der Waals surface area contributed by atoms with E-state index < -0.39 is 0 Å². The lowest BCUT2D eigenvalue weighted by Gasteiger charge is -2.12. The van der Waals surface area contributed by atoms with E-state index in [1.54, 1.807) is 0 Å². The van der Waals surface area contributed by atoms with E-state index in [4.69, 9.17) is 5.11 Å². The van der Waals surface area contributed by atoms with Crippen LogP contribution < -0.4 is 0 Å². The van der Waals surface area contributed by atoms with E-state index in [-0.39, 0.29) is 6.61 Å². The second-order valence-corrected chi connectivity index (χ2v) is 6.84. The summed E-state index contributed by atoms with van der Waals surface area (Å²) in [6, 6.07) is 24.3. The molecule has 1 nitrogen and oxygen atoms in total. The summed E-state index contributed by atoms with van der Waals surface area (Å²) < 4.78 is 0. The maximum absolute atomic E-state index is 9.07. The molecule has 26 heavy (non-hydrogen) atoms. The zero-order valence-corrected chi connectivity index (χ0v) is 15.8. The van der Waals surface area contributed by atoms with Gasteiger partial charge in [0.05, 0.1) is 0 Å². The molecule has 0 saturated carbocycles. The van der Waals surface area contributed by atoms with Crippen LogP contribution in [0, 0.1) is 0 Å². The van der Waals surface area contributed by atoms with Gasteiger partial charge in [-0.15, -0.1) is 0 Å². The van der Waals surface area contributed by atoms with Crippen molar-refractivity contribution in [1.29, 1.82) is 0 Å². The molecular weight excluding hydrogens is 316 g/mol. The molecule has 0 aliphatic heterocycles. The van der Waals surface area contributed by atoms with Crippen LogP contribution in [0.3, 0.4) is 0 Å². The molecule has 0 atom stereocenters. The van der Waals surface area contributed by atoms with Crippen LogP contribution in [-0.4, -0.2) is 11.7 Å². The van der Waals surface area contributed by atoms with Gasteiger partial charge in [0.2, 0.25) is 0 Å². The van der Waals surface area contributed by atoms with Crippen LogP contribution in [0.4, 0.5) is 0 Å². The maximum Gasteiger partial charge on any atom is 0.0471 e. The fraction of sp³-hybridized carbons (Fsp3) is 0.280. The van der Waals surface area contributed by atoms with E-state index in [2.05, 4.69) is 80.6 Å². The van der Waals surface area contributed by atoms with Gasteiger partial charge in [-0.25, -0.2) is 0 Å². The Bertz CT molecular complexity index is 829. The summed E-state index contributed by atoms with van der Waals surface area (Å²) in [4.78, 5) is 0. The van der Waals surface area contributed by atoms with Crippen molar-refractivity contribution < 1.29 is 5.11 Å². The molecule has 134 valence electrons. The fourth-order valence-electron chi connectivity index (χ4n) is 3.48. The minimum atomic E-state index is 0.200. The Kier molecular flexibility index (Phi) is 6.25. The Labute approximate surface area is 157 Å². The van der Waals surface area contributed by atoms with Crippen molar-refractivity contribution in [2.45, 2.75) is 39.5 Å². The molecule has 1 N–H and O–H groups in total. The van der Waals surface area contributed by atoms with Gasteiger partial charge in [-0.2, -0.15) is 0 Å². The van der Waals surface area contributed by atoms with Crippen LogP contribution in [0.2, 0.25) is 0 Å². The van der Waals surface area contributed by atoms with Gasteiger partial charge in [0.15, 0.2) is 0 Å². The Morgan fingerprint density at radius 1 is 0.654 bits per heavy atom. The summed E-state index contributed by atoms with van der Waals surface area (Å²) in [5.74, 6) is 0. The van der Waals surface area contributed by atoms with Crippen LogP contribution in [-0.2, 0) is 19.3 Å². The predicted octanol–water partition coefficient (Wildman–Crippen LogP) is 6.07. The number of hydrogen-bond donors (Lipinski definition) is 1. The lowest BCUT2D eigenvalue weighted by Crippen LogP contribution is -1.92. The number of aliphatic hydroxyl groups is 1. The second kappa shape index (κ2) is 8.82. The van der Waals surface area contributed by atoms with Crippen LogP contribution in [0.25, 0.3) is 22.3 Å². The molecule has 0 aliphatic carbocycles. The molecule has 0 bridgehead atoms. The fourth-order valence-corrected chi connectivity index (χ4v) is 3.48.